The summed E-state index contributed by atoms with van der Waals surface area (Å²) >= 11 is 0. The highest BCUT2D eigenvalue weighted by molar-refractivity contribution is 6.05. The second kappa shape index (κ2) is 7.22. The molecule has 4 fully saturated rings. The standard InChI is InChI=1S/C22H28N4O3/c23-17-8-12-1-4-16(17)18(9-12)24-10-13-2-3-15-14(7-13)11-26(22(15)29)19-5-6-20(27)25-21(19)28/h2-3,7,12,16-19,24H,1,4-6,8-11,23H2,(H,25,27,28)/t12-,16+,17-,18+,19?/m1/s1. The van der Waals surface area contributed by atoms with Gasteiger partial charge >= 0.3 is 0 Å². The van der Waals surface area contributed by atoms with Crippen LogP contribution in [0.4, 0.5) is 0 Å². The number of nitrogens with one attached hydrogen (secondary N) is 2. The molecule has 1 aromatic carbocycles. The number of rotatable bonds is 4. The third-order valence-corrected chi connectivity index (χ3v) is 7.32. The summed E-state index contributed by atoms with van der Waals surface area (Å²) < 4.78 is 0. The van der Waals surface area contributed by atoms with E-state index in [0.717, 1.165) is 23.6 Å². The topological polar surface area (TPSA) is 105 Å². The lowest BCUT2D eigenvalue weighted by Crippen LogP contribution is -2.54. The van der Waals surface area contributed by atoms with Gasteiger partial charge in [-0.15, -0.1) is 0 Å². The maximum absolute atomic E-state index is 12.8. The average Bonchev–Trinajstić information content (AvgIpc) is 3.02. The highest BCUT2D eigenvalue weighted by Crippen LogP contribution is 2.40. The molecule has 7 heteroatoms. The molecule has 1 aromatic rings. The first kappa shape index (κ1) is 18.8. The lowest BCUT2D eigenvalue weighted by molar-refractivity contribution is -0.136. The molecular formula is C22H28N4O3. The van der Waals surface area contributed by atoms with E-state index in [-0.39, 0.29) is 24.1 Å². The van der Waals surface area contributed by atoms with Gasteiger partial charge in [0.25, 0.3) is 5.91 Å². The molecule has 5 atom stereocenters. The van der Waals surface area contributed by atoms with E-state index in [0.29, 0.717) is 36.5 Å². The van der Waals surface area contributed by atoms with Crippen LogP contribution < -0.4 is 16.4 Å². The van der Waals surface area contributed by atoms with E-state index in [1.165, 1.54) is 25.7 Å². The zero-order chi connectivity index (χ0) is 20.1. The molecule has 4 N–H and O–H groups in total. The van der Waals surface area contributed by atoms with Crippen LogP contribution in [0.15, 0.2) is 18.2 Å². The number of hydrogen-bond donors (Lipinski definition) is 3. The summed E-state index contributed by atoms with van der Waals surface area (Å²) in [5, 5.41) is 6.05. The molecule has 3 saturated carbocycles. The minimum absolute atomic E-state index is 0.121. The summed E-state index contributed by atoms with van der Waals surface area (Å²) in [4.78, 5) is 38.0. The molecule has 2 bridgehead atoms. The fraction of sp³-hybridized carbons (Fsp3) is 0.591. The van der Waals surface area contributed by atoms with Gasteiger partial charge in [-0.2, -0.15) is 0 Å². The Labute approximate surface area is 170 Å². The molecule has 1 unspecified atom stereocenters. The molecule has 0 aromatic heterocycles. The van der Waals surface area contributed by atoms with Crippen molar-refractivity contribution in [3.05, 3.63) is 34.9 Å². The number of nitrogens with two attached hydrogens (primary N) is 1. The van der Waals surface area contributed by atoms with Gasteiger partial charge in [0.1, 0.15) is 6.04 Å². The largest absolute Gasteiger partial charge is 0.327 e. The zero-order valence-corrected chi connectivity index (χ0v) is 16.5. The van der Waals surface area contributed by atoms with Crippen LogP contribution >= 0.6 is 0 Å². The van der Waals surface area contributed by atoms with E-state index in [2.05, 4.69) is 16.7 Å². The molecule has 0 spiro atoms. The summed E-state index contributed by atoms with van der Waals surface area (Å²) in [5.41, 5.74) is 9.11. The van der Waals surface area contributed by atoms with Gasteiger partial charge in [-0.3, -0.25) is 19.7 Å². The van der Waals surface area contributed by atoms with Crippen molar-refractivity contribution in [1.82, 2.24) is 15.5 Å². The quantitative estimate of drug-likeness (QED) is 0.660. The molecule has 2 heterocycles. The molecule has 154 valence electrons. The van der Waals surface area contributed by atoms with Gasteiger partial charge in [-0.1, -0.05) is 12.1 Å². The Balaban J connectivity index is 1.25. The monoisotopic (exact) mass is 396 g/mol. The second-order valence-corrected chi connectivity index (χ2v) is 9.12. The van der Waals surface area contributed by atoms with Crippen molar-refractivity contribution in [3.8, 4) is 0 Å². The van der Waals surface area contributed by atoms with E-state index >= 15 is 0 Å². The van der Waals surface area contributed by atoms with Crippen LogP contribution in [0.1, 0.15) is 60.0 Å². The number of benzene rings is 1. The molecule has 7 nitrogen and oxygen atoms in total. The number of carbonyl (C=O) groups excluding carboxylic acids is 3. The van der Waals surface area contributed by atoms with Crippen LogP contribution in [0.5, 0.6) is 0 Å². The summed E-state index contributed by atoms with van der Waals surface area (Å²) in [6.07, 6.45) is 5.59. The van der Waals surface area contributed by atoms with Crippen LogP contribution in [-0.4, -0.2) is 40.7 Å². The van der Waals surface area contributed by atoms with E-state index in [9.17, 15) is 14.4 Å². The van der Waals surface area contributed by atoms with Crippen molar-refractivity contribution >= 4 is 17.7 Å². The molecule has 2 aliphatic heterocycles. The minimum Gasteiger partial charge on any atom is -0.327 e. The van der Waals surface area contributed by atoms with E-state index in [1.807, 2.05) is 12.1 Å². The number of amides is 3. The summed E-state index contributed by atoms with van der Waals surface area (Å²) in [7, 11) is 0. The average molecular weight is 396 g/mol. The second-order valence-electron chi connectivity index (χ2n) is 9.12. The fourth-order valence-electron chi connectivity index (χ4n) is 5.79. The maximum Gasteiger partial charge on any atom is 0.255 e. The van der Waals surface area contributed by atoms with Crippen molar-refractivity contribution in [2.24, 2.45) is 17.6 Å². The summed E-state index contributed by atoms with van der Waals surface area (Å²) in [5.74, 6) is 0.573. The first-order valence-corrected chi connectivity index (χ1v) is 10.7. The molecule has 0 radical (unpaired) electrons. The van der Waals surface area contributed by atoms with Crippen molar-refractivity contribution in [2.45, 2.75) is 69.7 Å². The number of fused-ring (bicyclic) bond motifs is 4. The number of piperidine rings is 1. The lowest BCUT2D eigenvalue weighted by atomic mass is 9.65. The normalized spacial score (nSPS) is 33.8. The highest BCUT2D eigenvalue weighted by atomic mass is 16.2. The predicted octanol–water partition coefficient (Wildman–Crippen LogP) is 1.05. The van der Waals surface area contributed by atoms with Crippen LogP contribution in [0.2, 0.25) is 0 Å². The lowest BCUT2D eigenvalue weighted by Gasteiger charge is -2.46. The van der Waals surface area contributed by atoms with Crippen molar-refractivity contribution in [1.29, 1.82) is 0 Å². The number of hydrogen-bond acceptors (Lipinski definition) is 5. The molecule has 29 heavy (non-hydrogen) atoms. The Bertz CT molecular complexity index is 870. The first-order chi connectivity index (χ1) is 14.0. The van der Waals surface area contributed by atoms with E-state index in [4.69, 9.17) is 5.73 Å². The van der Waals surface area contributed by atoms with Crippen LogP contribution in [0.25, 0.3) is 0 Å². The Hall–Kier alpha value is -2.25. The minimum atomic E-state index is -0.562. The van der Waals surface area contributed by atoms with Crippen LogP contribution in [-0.2, 0) is 22.7 Å². The number of carbonyl (C=O) groups is 3. The Morgan fingerprint density at radius 1 is 1.14 bits per heavy atom. The molecule has 3 aliphatic carbocycles. The molecular weight excluding hydrogens is 368 g/mol. The van der Waals surface area contributed by atoms with Crippen LogP contribution in [0.3, 0.4) is 0 Å². The molecule has 1 saturated heterocycles. The van der Waals surface area contributed by atoms with Crippen molar-refractivity contribution < 1.29 is 14.4 Å². The van der Waals surface area contributed by atoms with Gasteiger partial charge < -0.3 is 16.0 Å². The molecule has 6 rings (SSSR count). The van der Waals surface area contributed by atoms with Gasteiger partial charge in [0, 0.05) is 37.2 Å². The Kier molecular flexibility index (Phi) is 4.67. The SMILES string of the molecule is N[C@@H]1C[C@H]2CC[C@@H]1[C@@H](NCc1ccc3c(c1)CN(C1CCC(=O)NC1=O)C3=O)C2. The van der Waals surface area contributed by atoms with Gasteiger partial charge in [0.2, 0.25) is 11.8 Å². The van der Waals surface area contributed by atoms with Gasteiger partial charge in [-0.25, -0.2) is 0 Å². The predicted molar refractivity (Wildman–Crippen MR) is 107 cm³/mol. The third-order valence-electron chi connectivity index (χ3n) is 7.32. The fourth-order valence-corrected chi connectivity index (χ4v) is 5.79. The molecule has 3 amide bonds. The smallest absolute Gasteiger partial charge is 0.255 e. The van der Waals surface area contributed by atoms with Crippen LogP contribution in [0, 0.1) is 11.8 Å². The third kappa shape index (κ3) is 3.36. The highest BCUT2D eigenvalue weighted by Gasteiger charge is 2.41. The zero-order valence-electron chi connectivity index (χ0n) is 16.5. The Morgan fingerprint density at radius 3 is 2.76 bits per heavy atom. The Morgan fingerprint density at radius 2 is 2.00 bits per heavy atom. The van der Waals surface area contributed by atoms with E-state index < -0.39 is 6.04 Å². The maximum atomic E-state index is 12.8. The molecule has 5 aliphatic rings. The van der Waals surface area contributed by atoms with Gasteiger partial charge in [0.05, 0.1) is 0 Å². The van der Waals surface area contributed by atoms with E-state index in [1.54, 1.807) is 4.90 Å². The number of imide groups is 1. The summed E-state index contributed by atoms with van der Waals surface area (Å²) in [6.45, 7) is 1.19. The van der Waals surface area contributed by atoms with Crippen molar-refractivity contribution in [2.75, 3.05) is 0 Å². The van der Waals surface area contributed by atoms with Crippen molar-refractivity contribution in [3.63, 3.8) is 0 Å². The van der Waals surface area contributed by atoms with Gasteiger partial charge in [0.15, 0.2) is 0 Å². The number of nitrogens with zero attached hydrogens (tertiary/aromatic N) is 1. The summed E-state index contributed by atoms with van der Waals surface area (Å²) in [6, 6.07) is 6.19. The van der Waals surface area contributed by atoms with Gasteiger partial charge in [-0.05, 0) is 61.1 Å². The first-order valence-electron chi connectivity index (χ1n) is 10.7.